The first-order chi connectivity index (χ1) is 4.75. The summed E-state index contributed by atoms with van der Waals surface area (Å²) in [6.07, 6.45) is 1.80. The molecule has 0 atom stereocenters. The first kappa shape index (κ1) is 8.81. The van der Waals surface area contributed by atoms with Gasteiger partial charge in [0, 0.05) is 26.6 Å². The molecule has 64 valence electrons. The zero-order valence-electron chi connectivity index (χ0n) is 6.59. The molecule has 0 saturated carbocycles. The fraction of sp³-hybridized carbons (Fsp3) is 0.857. The van der Waals surface area contributed by atoms with E-state index < -0.39 is 0 Å². The minimum absolute atomic E-state index is 0. The Kier molecular flexibility index (Phi) is 2.12. The number of hydrogen-bond donors (Lipinski definition) is 1. The summed E-state index contributed by atoms with van der Waals surface area (Å²) in [5.74, 6) is 0.307. The van der Waals surface area contributed by atoms with Crippen molar-refractivity contribution in [3.8, 4) is 0 Å². The third-order valence-electron chi connectivity index (χ3n) is 2.80. The molecule has 2 saturated heterocycles. The Hall–Kier alpha value is -0.280. The van der Waals surface area contributed by atoms with Crippen LogP contribution in [0.4, 0.5) is 0 Å². The van der Waals surface area contributed by atoms with Crippen LogP contribution in [0.15, 0.2) is 0 Å². The summed E-state index contributed by atoms with van der Waals surface area (Å²) < 4.78 is 0. The average Bonchev–Trinajstić information content (AvgIpc) is 2.10. The molecule has 0 aromatic carbocycles. The highest BCUT2D eigenvalue weighted by Gasteiger charge is 2.47. The van der Waals surface area contributed by atoms with Gasteiger partial charge in [-0.25, -0.2) is 0 Å². The number of nitrogens with one attached hydrogen (secondary N) is 1. The van der Waals surface area contributed by atoms with E-state index in [4.69, 9.17) is 0 Å². The standard InChI is InChI=1S/C7H12N2O.ClH/c1-9-6(10)2-3-7(9)4-8-5-7;/h8H,2-5H2,1H3;1H. The van der Waals surface area contributed by atoms with Crippen LogP contribution in [-0.4, -0.2) is 36.5 Å². The maximum absolute atomic E-state index is 11.1. The molecule has 0 bridgehead atoms. The van der Waals surface area contributed by atoms with Gasteiger partial charge in [0.1, 0.15) is 0 Å². The van der Waals surface area contributed by atoms with Gasteiger partial charge in [-0.1, -0.05) is 0 Å². The molecule has 0 aromatic rings. The predicted molar refractivity (Wildman–Crippen MR) is 44.9 cm³/mol. The molecule has 1 amide bonds. The van der Waals surface area contributed by atoms with Gasteiger partial charge in [-0.05, 0) is 6.42 Å². The number of carbonyl (C=O) groups is 1. The Balaban J connectivity index is 0.000000605. The van der Waals surface area contributed by atoms with Crippen LogP contribution in [0.5, 0.6) is 0 Å². The number of likely N-dealkylation sites (N-methyl/N-ethyl adjacent to an activating group) is 1. The van der Waals surface area contributed by atoms with Crippen LogP contribution in [0.3, 0.4) is 0 Å². The maximum atomic E-state index is 11.1. The van der Waals surface area contributed by atoms with E-state index in [1.165, 1.54) is 0 Å². The molecular formula is C7H13ClN2O. The van der Waals surface area contributed by atoms with E-state index in [0.717, 1.165) is 25.9 Å². The Morgan fingerprint density at radius 2 is 2.18 bits per heavy atom. The maximum Gasteiger partial charge on any atom is 0.222 e. The van der Waals surface area contributed by atoms with Crippen molar-refractivity contribution in [1.29, 1.82) is 0 Å². The minimum atomic E-state index is 0. The molecule has 0 unspecified atom stereocenters. The molecule has 2 heterocycles. The van der Waals surface area contributed by atoms with Gasteiger partial charge in [-0.2, -0.15) is 0 Å². The van der Waals surface area contributed by atoms with Crippen molar-refractivity contribution >= 4 is 18.3 Å². The molecule has 1 N–H and O–H groups in total. The third-order valence-corrected chi connectivity index (χ3v) is 2.80. The molecule has 2 aliphatic rings. The van der Waals surface area contributed by atoms with Crippen LogP contribution < -0.4 is 5.32 Å². The fourth-order valence-electron chi connectivity index (χ4n) is 1.77. The van der Waals surface area contributed by atoms with Crippen molar-refractivity contribution < 1.29 is 4.79 Å². The first-order valence-electron chi connectivity index (χ1n) is 3.72. The number of amides is 1. The lowest BCUT2D eigenvalue weighted by Crippen LogP contribution is -2.65. The summed E-state index contributed by atoms with van der Waals surface area (Å²) in [5.41, 5.74) is 0.219. The van der Waals surface area contributed by atoms with Crippen LogP contribution in [0, 0.1) is 0 Å². The number of carbonyl (C=O) groups excluding carboxylic acids is 1. The molecule has 3 nitrogen and oxygen atoms in total. The molecule has 0 aliphatic carbocycles. The molecule has 11 heavy (non-hydrogen) atoms. The number of likely N-dealkylation sites (tertiary alicyclic amines) is 1. The van der Waals surface area contributed by atoms with Gasteiger partial charge in [0.15, 0.2) is 0 Å². The molecule has 0 radical (unpaired) electrons. The van der Waals surface area contributed by atoms with E-state index in [-0.39, 0.29) is 17.9 Å². The Morgan fingerprint density at radius 1 is 1.55 bits per heavy atom. The number of halogens is 1. The fourth-order valence-corrected chi connectivity index (χ4v) is 1.77. The highest BCUT2D eigenvalue weighted by Crippen LogP contribution is 2.31. The lowest BCUT2D eigenvalue weighted by atomic mass is 9.90. The van der Waals surface area contributed by atoms with E-state index >= 15 is 0 Å². The topological polar surface area (TPSA) is 32.3 Å². The molecule has 2 aliphatic heterocycles. The van der Waals surface area contributed by atoms with Gasteiger partial charge in [0.05, 0.1) is 5.54 Å². The van der Waals surface area contributed by atoms with Gasteiger partial charge >= 0.3 is 0 Å². The van der Waals surface area contributed by atoms with Crippen molar-refractivity contribution in [2.45, 2.75) is 18.4 Å². The van der Waals surface area contributed by atoms with E-state index in [1.807, 2.05) is 11.9 Å². The number of hydrogen-bond acceptors (Lipinski definition) is 2. The molecule has 2 fully saturated rings. The summed E-state index contributed by atoms with van der Waals surface area (Å²) in [5, 5.41) is 3.20. The lowest BCUT2D eigenvalue weighted by Gasteiger charge is -2.44. The van der Waals surface area contributed by atoms with Crippen LogP contribution in [0.2, 0.25) is 0 Å². The van der Waals surface area contributed by atoms with Crippen molar-refractivity contribution in [3.05, 3.63) is 0 Å². The predicted octanol–water partition coefficient (Wildman–Crippen LogP) is 0.00240. The second kappa shape index (κ2) is 2.64. The number of nitrogens with zero attached hydrogens (tertiary/aromatic N) is 1. The van der Waals surface area contributed by atoms with Crippen LogP contribution >= 0.6 is 12.4 Å². The quantitative estimate of drug-likeness (QED) is 0.564. The van der Waals surface area contributed by atoms with Crippen LogP contribution in [-0.2, 0) is 4.79 Å². The van der Waals surface area contributed by atoms with Crippen molar-refractivity contribution in [1.82, 2.24) is 10.2 Å². The molecular weight excluding hydrogens is 164 g/mol. The largest absolute Gasteiger partial charge is 0.338 e. The summed E-state index contributed by atoms with van der Waals surface area (Å²) in [6, 6.07) is 0. The van der Waals surface area contributed by atoms with Gasteiger partial charge in [-0.15, -0.1) is 12.4 Å². The SMILES string of the molecule is CN1C(=O)CCC12CNC2.Cl. The molecule has 0 aromatic heterocycles. The molecule has 2 rings (SSSR count). The summed E-state index contributed by atoms with van der Waals surface area (Å²) >= 11 is 0. The van der Waals surface area contributed by atoms with Crippen molar-refractivity contribution in [2.24, 2.45) is 0 Å². The van der Waals surface area contributed by atoms with E-state index in [0.29, 0.717) is 5.91 Å². The second-order valence-electron chi connectivity index (χ2n) is 3.28. The van der Waals surface area contributed by atoms with E-state index in [9.17, 15) is 4.79 Å². The molecule has 1 spiro atoms. The van der Waals surface area contributed by atoms with E-state index in [2.05, 4.69) is 5.32 Å². The zero-order valence-corrected chi connectivity index (χ0v) is 7.41. The average molecular weight is 177 g/mol. The Bertz CT molecular complexity index is 179. The Morgan fingerprint density at radius 3 is 2.36 bits per heavy atom. The Labute approximate surface area is 72.5 Å². The van der Waals surface area contributed by atoms with Crippen LogP contribution in [0.1, 0.15) is 12.8 Å². The molecule has 4 heteroatoms. The third kappa shape index (κ3) is 1.03. The van der Waals surface area contributed by atoms with Crippen LogP contribution in [0.25, 0.3) is 0 Å². The van der Waals surface area contributed by atoms with E-state index in [1.54, 1.807) is 0 Å². The summed E-state index contributed by atoms with van der Waals surface area (Å²) in [7, 11) is 1.91. The van der Waals surface area contributed by atoms with Crippen molar-refractivity contribution in [3.63, 3.8) is 0 Å². The zero-order chi connectivity index (χ0) is 7.19. The van der Waals surface area contributed by atoms with Gasteiger partial charge in [0.2, 0.25) is 5.91 Å². The smallest absolute Gasteiger partial charge is 0.222 e. The number of rotatable bonds is 0. The first-order valence-corrected chi connectivity index (χ1v) is 3.72. The van der Waals surface area contributed by atoms with Crippen molar-refractivity contribution in [2.75, 3.05) is 20.1 Å². The highest BCUT2D eigenvalue weighted by molar-refractivity contribution is 5.85. The summed E-state index contributed by atoms with van der Waals surface area (Å²) in [6.45, 7) is 1.99. The van der Waals surface area contributed by atoms with Gasteiger partial charge < -0.3 is 10.2 Å². The second-order valence-corrected chi connectivity index (χ2v) is 3.28. The highest BCUT2D eigenvalue weighted by atomic mass is 35.5. The summed E-state index contributed by atoms with van der Waals surface area (Å²) in [4.78, 5) is 13.0. The lowest BCUT2D eigenvalue weighted by molar-refractivity contribution is -0.130. The monoisotopic (exact) mass is 176 g/mol. The van der Waals surface area contributed by atoms with Gasteiger partial charge in [0.25, 0.3) is 0 Å². The minimum Gasteiger partial charge on any atom is -0.338 e. The van der Waals surface area contributed by atoms with Gasteiger partial charge in [-0.3, -0.25) is 4.79 Å². The normalized spacial score (nSPS) is 26.6.